The molecule has 0 saturated heterocycles. The van der Waals surface area contributed by atoms with Gasteiger partial charge in [0.25, 0.3) is 0 Å². The lowest BCUT2D eigenvalue weighted by Gasteiger charge is -2.20. The summed E-state index contributed by atoms with van der Waals surface area (Å²) >= 11 is 0. The van der Waals surface area contributed by atoms with E-state index in [0.717, 1.165) is 0 Å². The Morgan fingerprint density at radius 1 is 1.33 bits per heavy atom. The third kappa shape index (κ3) is 3.37. The largest absolute Gasteiger partial charge is 0.351 e. The number of carbonyl (C=O) groups is 1. The van der Waals surface area contributed by atoms with Crippen molar-refractivity contribution >= 4 is 5.91 Å². The number of nitrogens with zero attached hydrogens (tertiary/aromatic N) is 1. The second-order valence-electron chi connectivity index (χ2n) is 5.51. The highest BCUT2D eigenvalue weighted by atomic mass is 16.1. The predicted molar refractivity (Wildman–Crippen MR) is 73.2 cm³/mol. The van der Waals surface area contributed by atoms with Gasteiger partial charge in [-0.2, -0.15) is 0 Å². The highest BCUT2D eigenvalue weighted by molar-refractivity contribution is 5.76. The third-order valence-electron chi connectivity index (χ3n) is 4.14. The molecule has 1 saturated carbocycles. The highest BCUT2D eigenvalue weighted by Gasteiger charge is 2.16. The number of aromatic nitrogens is 1. The summed E-state index contributed by atoms with van der Waals surface area (Å²) in [5.41, 5.74) is 2.40. The zero-order valence-electron chi connectivity index (χ0n) is 11.5. The Bertz CT molecular complexity index is 403. The molecule has 1 heterocycles. The molecule has 100 valence electrons. The maximum Gasteiger partial charge on any atom is 0.220 e. The van der Waals surface area contributed by atoms with Gasteiger partial charge < -0.3 is 9.88 Å². The Morgan fingerprint density at radius 2 is 2.06 bits per heavy atom. The minimum atomic E-state index is 0.209. The molecule has 3 heteroatoms. The number of nitrogens with one attached hydrogen (secondary N) is 1. The molecule has 18 heavy (non-hydrogen) atoms. The summed E-state index contributed by atoms with van der Waals surface area (Å²) in [5.74, 6) is 0.828. The van der Waals surface area contributed by atoms with Crippen LogP contribution in [-0.2, 0) is 18.4 Å². The summed E-state index contributed by atoms with van der Waals surface area (Å²) in [6, 6.07) is 4.17. The van der Waals surface area contributed by atoms with Crippen LogP contribution >= 0.6 is 0 Å². The number of carbonyl (C=O) groups excluding carboxylic acids is 1. The molecule has 1 aromatic heterocycles. The van der Waals surface area contributed by atoms with Gasteiger partial charge in [0, 0.05) is 24.9 Å². The van der Waals surface area contributed by atoms with E-state index in [-0.39, 0.29) is 5.91 Å². The van der Waals surface area contributed by atoms with E-state index < -0.39 is 0 Å². The first-order chi connectivity index (χ1) is 8.66. The van der Waals surface area contributed by atoms with Crippen LogP contribution in [0.15, 0.2) is 12.1 Å². The van der Waals surface area contributed by atoms with E-state index in [0.29, 0.717) is 18.9 Å². The van der Waals surface area contributed by atoms with Crippen molar-refractivity contribution < 1.29 is 4.79 Å². The van der Waals surface area contributed by atoms with Crippen LogP contribution in [0.1, 0.15) is 49.9 Å². The molecule has 1 fully saturated rings. The van der Waals surface area contributed by atoms with Crippen molar-refractivity contribution in [1.29, 1.82) is 0 Å². The van der Waals surface area contributed by atoms with Gasteiger partial charge in [-0.3, -0.25) is 4.79 Å². The second kappa shape index (κ2) is 6.07. The van der Waals surface area contributed by atoms with Crippen molar-refractivity contribution in [3.05, 3.63) is 23.5 Å². The molecule has 0 unspecified atom stereocenters. The average Bonchev–Trinajstić information content (AvgIpc) is 2.69. The Kier molecular flexibility index (Phi) is 4.45. The third-order valence-corrected chi connectivity index (χ3v) is 4.14. The fraction of sp³-hybridized carbons (Fsp3) is 0.667. The summed E-state index contributed by atoms with van der Waals surface area (Å²) < 4.78 is 2.13. The van der Waals surface area contributed by atoms with Gasteiger partial charge in [0.05, 0.1) is 6.54 Å². The standard InChI is InChI=1S/C15H24N2O/c1-12-8-9-14(17(12)2)11-16-15(18)10-13-6-4-3-5-7-13/h8-9,13H,3-7,10-11H2,1-2H3,(H,16,18). The molecule has 1 aliphatic rings. The Morgan fingerprint density at radius 3 is 2.67 bits per heavy atom. The van der Waals surface area contributed by atoms with Crippen LogP contribution in [0.3, 0.4) is 0 Å². The Labute approximate surface area is 110 Å². The van der Waals surface area contributed by atoms with Crippen LogP contribution in [-0.4, -0.2) is 10.5 Å². The lowest BCUT2D eigenvalue weighted by molar-refractivity contribution is -0.122. The molecular formula is C15H24N2O. The molecule has 0 aromatic carbocycles. The fourth-order valence-electron chi connectivity index (χ4n) is 2.76. The summed E-state index contributed by atoms with van der Waals surface area (Å²) in [7, 11) is 2.04. The maximum absolute atomic E-state index is 11.9. The molecule has 3 nitrogen and oxygen atoms in total. The van der Waals surface area contributed by atoms with Gasteiger partial charge in [-0.15, -0.1) is 0 Å². The molecular weight excluding hydrogens is 224 g/mol. The van der Waals surface area contributed by atoms with Crippen LogP contribution < -0.4 is 5.32 Å². The number of amides is 1. The smallest absolute Gasteiger partial charge is 0.220 e. The van der Waals surface area contributed by atoms with Gasteiger partial charge in [0.2, 0.25) is 5.91 Å². The molecule has 0 spiro atoms. The summed E-state index contributed by atoms with van der Waals surface area (Å²) in [5, 5.41) is 3.04. The van der Waals surface area contributed by atoms with E-state index in [9.17, 15) is 4.79 Å². The van der Waals surface area contributed by atoms with E-state index in [1.165, 1.54) is 43.5 Å². The minimum Gasteiger partial charge on any atom is -0.351 e. The average molecular weight is 248 g/mol. The van der Waals surface area contributed by atoms with Crippen molar-refractivity contribution in [2.75, 3.05) is 0 Å². The zero-order chi connectivity index (χ0) is 13.0. The molecule has 0 aliphatic heterocycles. The van der Waals surface area contributed by atoms with Crippen molar-refractivity contribution in [1.82, 2.24) is 9.88 Å². The molecule has 1 aliphatic carbocycles. The lowest BCUT2D eigenvalue weighted by atomic mass is 9.87. The molecule has 1 amide bonds. The van der Waals surface area contributed by atoms with E-state index in [1.54, 1.807) is 0 Å². The number of aryl methyl sites for hydroxylation is 1. The van der Waals surface area contributed by atoms with E-state index >= 15 is 0 Å². The van der Waals surface area contributed by atoms with Gasteiger partial charge in [0.15, 0.2) is 0 Å². The van der Waals surface area contributed by atoms with Crippen LogP contribution in [0.5, 0.6) is 0 Å². The summed E-state index contributed by atoms with van der Waals surface area (Å²) in [6.45, 7) is 2.73. The van der Waals surface area contributed by atoms with Crippen molar-refractivity contribution in [3.63, 3.8) is 0 Å². The summed E-state index contributed by atoms with van der Waals surface area (Å²) in [4.78, 5) is 11.9. The molecule has 0 atom stereocenters. The van der Waals surface area contributed by atoms with Crippen molar-refractivity contribution in [3.8, 4) is 0 Å². The normalized spacial score (nSPS) is 16.8. The molecule has 1 aromatic rings. The highest BCUT2D eigenvalue weighted by Crippen LogP contribution is 2.26. The maximum atomic E-state index is 11.9. The molecule has 0 bridgehead atoms. The van der Waals surface area contributed by atoms with E-state index in [4.69, 9.17) is 0 Å². The molecule has 1 N–H and O–H groups in total. The SMILES string of the molecule is Cc1ccc(CNC(=O)CC2CCCCC2)n1C. The minimum absolute atomic E-state index is 0.209. The Balaban J connectivity index is 1.76. The first-order valence-electron chi connectivity index (χ1n) is 7.04. The van der Waals surface area contributed by atoms with Crippen LogP contribution in [0.4, 0.5) is 0 Å². The summed E-state index contributed by atoms with van der Waals surface area (Å²) in [6.07, 6.45) is 7.13. The van der Waals surface area contributed by atoms with E-state index in [1.807, 2.05) is 7.05 Å². The fourth-order valence-corrected chi connectivity index (χ4v) is 2.76. The van der Waals surface area contributed by atoms with E-state index in [2.05, 4.69) is 28.9 Å². The van der Waals surface area contributed by atoms with Crippen molar-refractivity contribution in [2.24, 2.45) is 13.0 Å². The van der Waals surface area contributed by atoms with Crippen LogP contribution in [0.25, 0.3) is 0 Å². The van der Waals surface area contributed by atoms with Gasteiger partial charge >= 0.3 is 0 Å². The first-order valence-corrected chi connectivity index (χ1v) is 7.04. The Hall–Kier alpha value is -1.25. The van der Waals surface area contributed by atoms with Gasteiger partial charge in [0.1, 0.15) is 0 Å². The zero-order valence-corrected chi connectivity index (χ0v) is 11.5. The first kappa shape index (κ1) is 13.2. The quantitative estimate of drug-likeness (QED) is 0.873. The number of rotatable bonds is 4. The second-order valence-corrected chi connectivity index (χ2v) is 5.51. The van der Waals surface area contributed by atoms with Gasteiger partial charge in [-0.05, 0) is 37.8 Å². The van der Waals surface area contributed by atoms with Crippen molar-refractivity contribution in [2.45, 2.75) is 52.0 Å². The monoisotopic (exact) mass is 248 g/mol. The lowest BCUT2D eigenvalue weighted by Crippen LogP contribution is -2.26. The predicted octanol–water partition coefficient (Wildman–Crippen LogP) is 2.92. The van der Waals surface area contributed by atoms with Crippen LogP contribution in [0.2, 0.25) is 0 Å². The van der Waals surface area contributed by atoms with Crippen LogP contribution in [0, 0.1) is 12.8 Å². The topological polar surface area (TPSA) is 34.0 Å². The molecule has 2 rings (SSSR count). The van der Waals surface area contributed by atoms with Gasteiger partial charge in [-0.25, -0.2) is 0 Å². The number of hydrogen-bond acceptors (Lipinski definition) is 1. The molecule has 0 radical (unpaired) electrons. The van der Waals surface area contributed by atoms with Gasteiger partial charge in [-0.1, -0.05) is 19.3 Å². The number of hydrogen-bond donors (Lipinski definition) is 1.